The monoisotopic (exact) mass is 469 g/mol. The average Bonchev–Trinajstić information content (AvgIpc) is 3.33. The van der Waals surface area contributed by atoms with Crippen molar-refractivity contribution in [3.63, 3.8) is 0 Å². The molecule has 1 fully saturated rings. The number of amides is 1. The number of nitrogens with zero attached hydrogens (tertiary/aromatic N) is 1. The molecule has 0 radical (unpaired) electrons. The van der Waals surface area contributed by atoms with Gasteiger partial charge in [-0.1, -0.05) is 36.4 Å². The van der Waals surface area contributed by atoms with Crippen molar-refractivity contribution in [2.24, 2.45) is 5.92 Å². The lowest BCUT2D eigenvalue weighted by atomic mass is 9.90. The number of benzene rings is 3. The van der Waals surface area contributed by atoms with Crippen LogP contribution in [-0.2, 0) is 17.6 Å². The van der Waals surface area contributed by atoms with Gasteiger partial charge in [0.05, 0.1) is 20.6 Å². The largest absolute Gasteiger partial charge is 0.493 e. The summed E-state index contributed by atoms with van der Waals surface area (Å²) in [7, 11) is 3.24. The number of hydrogen-bond acceptors (Lipinski definition) is 4. The lowest BCUT2D eigenvalue weighted by molar-refractivity contribution is -0.131. The summed E-state index contributed by atoms with van der Waals surface area (Å²) in [5.74, 6) is 2.94. The van der Waals surface area contributed by atoms with E-state index in [1.807, 2.05) is 41.3 Å². The molecule has 35 heavy (non-hydrogen) atoms. The molecule has 5 heteroatoms. The molecule has 3 aromatic carbocycles. The van der Waals surface area contributed by atoms with Gasteiger partial charge in [0.1, 0.15) is 11.3 Å². The molecule has 0 bridgehead atoms. The molecule has 0 saturated carbocycles. The van der Waals surface area contributed by atoms with E-state index in [-0.39, 0.29) is 5.91 Å². The number of carbonyl (C=O) groups is 1. The molecular weight excluding hydrogens is 438 g/mol. The van der Waals surface area contributed by atoms with Gasteiger partial charge in [0.25, 0.3) is 0 Å². The van der Waals surface area contributed by atoms with Crippen LogP contribution < -0.4 is 9.47 Å². The summed E-state index contributed by atoms with van der Waals surface area (Å²) in [6, 6.07) is 24.4. The number of methoxy groups -OCH3 is 2. The van der Waals surface area contributed by atoms with E-state index in [2.05, 4.69) is 36.4 Å². The maximum Gasteiger partial charge on any atom is 0.226 e. The summed E-state index contributed by atoms with van der Waals surface area (Å²) in [5, 5.41) is 0.988. The number of rotatable bonds is 7. The Labute approximate surface area is 206 Å². The summed E-state index contributed by atoms with van der Waals surface area (Å²) >= 11 is 0. The second-order valence-corrected chi connectivity index (χ2v) is 9.24. The highest BCUT2D eigenvalue weighted by molar-refractivity contribution is 5.86. The van der Waals surface area contributed by atoms with Crippen LogP contribution in [0.5, 0.6) is 11.5 Å². The fourth-order valence-corrected chi connectivity index (χ4v) is 4.95. The van der Waals surface area contributed by atoms with Gasteiger partial charge in [-0.25, -0.2) is 0 Å². The van der Waals surface area contributed by atoms with Crippen LogP contribution in [0.25, 0.3) is 22.3 Å². The van der Waals surface area contributed by atoms with Crippen molar-refractivity contribution in [2.45, 2.75) is 25.7 Å². The molecule has 1 aromatic heterocycles. The molecule has 0 N–H and O–H groups in total. The van der Waals surface area contributed by atoms with Crippen LogP contribution in [0.3, 0.4) is 0 Å². The summed E-state index contributed by atoms with van der Waals surface area (Å²) in [5.41, 5.74) is 4.11. The molecule has 1 aliphatic rings. The molecule has 0 unspecified atom stereocenters. The summed E-state index contributed by atoms with van der Waals surface area (Å²) in [6.45, 7) is 1.68. The average molecular weight is 470 g/mol. The molecule has 2 heterocycles. The Morgan fingerprint density at radius 1 is 0.886 bits per heavy atom. The van der Waals surface area contributed by atoms with E-state index < -0.39 is 0 Å². The van der Waals surface area contributed by atoms with Gasteiger partial charge in [0, 0.05) is 24.0 Å². The maximum absolute atomic E-state index is 13.0. The first kappa shape index (κ1) is 23.0. The number of carbonyl (C=O) groups excluding carboxylic acids is 1. The highest BCUT2D eigenvalue weighted by Crippen LogP contribution is 2.35. The Kier molecular flexibility index (Phi) is 6.75. The molecule has 0 atom stereocenters. The van der Waals surface area contributed by atoms with E-state index in [9.17, 15) is 4.79 Å². The summed E-state index contributed by atoms with van der Waals surface area (Å²) < 4.78 is 16.8. The van der Waals surface area contributed by atoms with Gasteiger partial charge in [0.2, 0.25) is 5.91 Å². The van der Waals surface area contributed by atoms with Crippen molar-refractivity contribution < 1.29 is 18.7 Å². The molecule has 5 nitrogen and oxygen atoms in total. The van der Waals surface area contributed by atoms with E-state index in [0.717, 1.165) is 60.2 Å². The van der Waals surface area contributed by atoms with Gasteiger partial charge in [-0.3, -0.25) is 4.79 Å². The van der Waals surface area contributed by atoms with E-state index in [1.165, 1.54) is 5.56 Å². The topological polar surface area (TPSA) is 51.9 Å². The third-order valence-electron chi connectivity index (χ3n) is 6.94. The lowest BCUT2D eigenvalue weighted by Gasteiger charge is -2.32. The van der Waals surface area contributed by atoms with Crippen molar-refractivity contribution in [3.8, 4) is 22.8 Å². The number of ether oxygens (including phenoxy) is 2. The third kappa shape index (κ3) is 5.19. The Morgan fingerprint density at radius 2 is 1.66 bits per heavy atom. The highest BCUT2D eigenvalue weighted by atomic mass is 16.5. The number of furan rings is 1. The fraction of sp³-hybridized carbons (Fsp3) is 0.300. The zero-order valence-electron chi connectivity index (χ0n) is 20.3. The Hall–Kier alpha value is -3.73. The first-order valence-corrected chi connectivity index (χ1v) is 12.2. The fourth-order valence-electron chi connectivity index (χ4n) is 4.95. The minimum absolute atomic E-state index is 0.200. The zero-order chi connectivity index (χ0) is 24.2. The molecule has 1 amide bonds. The van der Waals surface area contributed by atoms with E-state index in [1.54, 1.807) is 14.2 Å². The first-order valence-electron chi connectivity index (χ1n) is 12.2. The Morgan fingerprint density at radius 3 is 2.40 bits per heavy atom. The predicted octanol–water partition coefficient (Wildman–Crippen LogP) is 6.14. The van der Waals surface area contributed by atoms with Gasteiger partial charge >= 0.3 is 0 Å². The van der Waals surface area contributed by atoms with Gasteiger partial charge in [0.15, 0.2) is 11.5 Å². The van der Waals surface area contributed by atoms with Crippen LogP contribution in [0.2, 0.25) is 0 Å². The smallest absolute Gasteiger partial charge is 0.226 e. The summed E-state index contributed by atoms with van der Waals surface area (Å²) in [6.07, 6.45) is 3.64. The van der Waals surface area contributed by atoms with Gasteiger partial charge in [-0.05, 0) is 72.7 Å². The molecule has 1 saturated heterocycles. The Bertz CT molecular complexity index is 1300. The molecule has 0 spiro atoms. The molecule has 180 valence electrons. The van der Waals surface area contributed by atoms with Crippen molar-refractivity contribution in [1.82, 2.24) is 4.90 Å². The van der Waals surface area contributed by atoms with Crippen LogP contribution in [0, 0.1) is 5.92 Å². The SMILES string of the molecule is COc1ccc(-c2cc3cc(CC(=O)N4CCC(Cc5ccccc5)CC4)ccc3o2)cc1OC. The second-order valence-electron chi connectivity index (χ2n) is 9.24. The van der Waals surface area contributed by atoms with Crippen molar-refractivity contribution in [2.75, 3.05) is 27.3 Å². The van der Waals surface area contributed by atoms with Gasteiger partial charge < -0.3 is 18.8 Å². The normalized spacial score (nSPS) is 14.3. The van der Waals surface area contributed by atoms with Crippen LogP contribution >= 0.6 is 0 Å². The second kappa shape index (κ2) is 10.3. The molecule has 0 aliphatic carbocycles. The maximum atomic E-state index is 13.0. The minimum Gasteiger partial charge on any atom is -0.493 e. The Balaban J connectivity index is 1.23. The molecule has 5 rings (SSSR count). The molecule has 4 aromatic rings. The number of likely N-dealkylation sites (tertiary alicyclic amines) is 1. The van der Waals surface area contributed by atoms with Crippen LogP contribution in [0.4, 0.5) is 0 Å². The first-order chi connectivity index (χ1) is 17.1. The predicted molar refractivity (Wildman–Crippen MR) is 138 cm³/mol. The van der Waals surface area contributed by atoms with Gasteiger partial charge in [-0.15, -0.1) is 0 Å². The quantitative estimate of drug-likeness (QED) is 0.326. The van der Waals surface area contributed by atoms with Crippen molar-refractivity contribution in [3.05, 3.63) is 83.9 Å². The zero-order valence-corrected chi connectivity index (χ0v) is 20.3. The lowest BCUT2D eigenvalue weighted by Crippen LogP contribution is -2.39. The molecular formula is C30H31NO4. The van der Waals surface area contributed by atoms with Crippen LogP contribution in [0.15, 0.2) is 77.2 Å². The number of hydrogen-bond donors (Lipinski definition) is 0. The minimum atomic E-state index is 0.200. The van der Waals surface area contributed by atoms with E-state index in [0.29, 0.717) is 23.8 Å². The third-order valence-corrected chi connectivity index (χ3v) is 6.94. The van der Waals surface area contributed by atoms with Gasteiger partial charge in [-0.2, -0.15) is 0 Å². The van der Waals surface area contributed by atoms with Crippen molar-refractivity contribution >= 4 is 16.9 Å². The highest BCUT2D eigenvalue weighted by Gasteiger charge is 2.23. The standard InChI is InChI=1S/C30H31NO4/c1-33-27-11-9-24(19-29(27)34-2)28-20-25-17-23(8-10-26(25)35-28)18-30(32)31-14-12-22(13-15-31)16-21-6-4-3-5-7-21/h3-11,17,19-20,22H,12-16,18H2,1-2H3. The molecule has 1 aliphatic heterocycles. The van der Waals surface area contributed by atoms with Crippen LogP contribution in [-0.4, -0.2) is 38.1 Å². The van der Waals surface area contributed by atoms with Crippen LogP contribution in [0.1, 0.15) is 24.0 Å². The van der Waals surface area contributed by atoms with Crippen molar-refractivity contribution in [1.29, 1.82) is 0 Å². The van der Waals surface area contributed by atoms with E-state index >= 15 is 0 Å². The summed E-state index contributed by atoms with van der Waals surface area (Å²) in [4.78, 5) is 15.0. The van der Waals surface area contributed by atoms with E-state index in [4.69, 9.17) is 13.9 Å². The number of piperidine rings is 1. The number of fused-ring (bicyclic) bond motifs is 1.